The molecule has 0 aliphatic carbocycles. The Balaban J connectivity index is 2.34. The average Bonchev–Trinajstić information content (AvgIpc) is 2.67. The first-order chi connectivity index (χ1) is 12.9. The second-order valence-electron chi connectivity index (χ2n) is 5.58. The van der Waals surface area contributed by atoms with Crippen molar-refractivity contribution in [3.05, 3.63) is 61.4 Å². The smallest absolute Gasteiger partial charge is 0.228 e. The van der Waals surface area contributed by atoms with Gasteiger partial charge < -0.3 is 29.5 Å². The number of hydrogen-bond acceptors (Lipinski definition) is 8. The van der Waals surface area contributed by atoms with E-state index in [-0.39, 0.29) is 28.7 Å². The molecule has 0 saturated heterocycles. The molecule has 3 rings (SSSR count). The molecule has 27 heavy (non-hydrogen) atoms. The van der Waals surface area contributed by atoms with Crippen molar-refractivity contribution in [3.8, 4) is 23.3 Å². The van der Waals surface area contributed by atoms with Crippen molar-refractivity contribution >= 4 is 15.9 Å². The van der Waals surface area contributed by atoms with Crippen LogP contribution in [0.2, 0.25) is 0 Å². The first-order valence-corrected chi connectivity index (χ1v) is 8.51. The lowest BCUT2D eigenvalue weighted by Gasteiger charge is -2.26. The Kier molecular flexibility index (Phi) is 5.12. The highest BCUT2D eigenvalue weighted by Gasteiger charge is 2.36. The highest BCUT2D eigenvalue weighted by molar-refractivity contribution is 9.10. The monoisotopic (exact) mass is 434 g/mol. The summed E-state index contributed by atoms with van der Waals surface area (Å²) in [6.45, 7) is -0.483. The minimum absolute atomic E-state index is 0.0433. The fourth-order valence-corrected chi connectivity index (χ4v) is 3.42. The van der Waals surface area contributed by atoms with Crippen LogP contribution in [0.5, 0.6) is 17.2 Å². The molecular weight excluding hydrogens is 420 g/mol. The van der Waals surface area contributed by atoms with Crippen LogP contribution in [-0.2, 0) is 6.61 Å². The minimum Gasteiger partial charge on any atom is -0.493 e. The van der Waals surface area contributed by atoms with Crippen LogP contribution in [-0.4, -0.2) is 19.3 Å². The second kappa shape index (κ2) is 7.34. The zero-order valence-corrected chi connectivity index (χ0v) is 16.0. The molecule has 3 N–H and O–H groups in total. The molecule has 0 radical (unpaired) electrons. The van der Waals surface area contributed by atoms with E-state index in [9.17, 15) is 15.2 Å². The quantitative estimate of drug-likeness (QED) is 0.748. The van der Waals surface area contributed by atoms with Gasteiger partial charge in [-0.15, -0.1) is 0 Å². The van der Waals surface area contributed by atoms with E-state index in [1.165, 1.54) is 14.2 Å². The van der Waals surface area contributed by atoms with Gasteiger partial charge >= 0.3 is 0 Å². The normalized spacial score (nSPS) is 15.6. The molecule has 0 spiro atoms. The highest BCUT2D eigenvalue weighted by atomic mass is 79.9. The maximum atomic E-state index is 12.4. The van der Waals surface area contributed by atoms with Crippen LogP contribution in [0.3, 0.4) is 0 Å². The number of aliphatic hydroxyl groups excluding tert-OH is 1. The Morgan fingerprint density at radius 3 is 2.56 bits per heavy atom. The van der Waals surface area contributed by atoms with Gasteiger partial charge in [-0.05, 0) is 17.7 Å². The van der Waals surface area contributed by atoms with Crippen molar-refractivity contribution in [1.29, 1.82) is 5.26 Å². The molecule has 1 aliphatic rings. The minimum atomic E-state index is -0.841. The Morgan fingerprint density at radius 1 is 1.30 bits per heavy atom. The molecule has 8 nitrogen and oxygen atoms in total. The molecule has 1 aromatic heterocycles. The SMILES string of the molecule is COc1cc(Br)c([C@@H]2C(C#N)=C(N)Oc3c2oc(CO)cc3=O)cc1OC. The van der Waals surface area contributed by atoms with Crippen LogP contribution in [0, 0.1) is 11.3 Å². The number of benzene rings is 1. The summed E-state index contributed by atoms with van der Waals surface area (Å²) in [5.41, 5.74) is 5.98. The number of halogens is 1. The lowest BCUT2D eigenvalue weighted by Crippen LogP contribution is -2.25. The first-order valence-electron chi connectivity index (χ1n) is 7.71. The second-order valence-corrected chi connectivity index (χ2v) is 6.44. The number of nitriles is 1. The van der Waals surface area contributed by atoms with Gasteiger partial charge in [0.2, 0.25) is 17.1 Å². The van der Waals surface area contributed by atoms with Crippen molar-refractivity contribution in [2.45, 2.75) is 12.5 Å². The van der Waals surface area contributed by atoms with Crippen LogP contribution in [0.1, 0.15) is 23.0 Å². The van der Waals surface area contributed by atoms with E-state index >= 15 is 0 Å². The molecule has 0 fully saturated rings. The number of methoxy groups -OCH3 is 2. The standard InChI is InChI=1S/C18H15BrN2O6/c1-24-13-4-9(11(19)5-14(13)25-2)15-10(6-20)18(21)27-16-12(23)3-8(7-22)26-17(15)16/h3-5,15,22H,7,21H2,1-2H3/t15-/m1/s1. The number of aliphatic hydroxyl groups is 1. The van der Waals surface area contributed by atoms with Crippen LogP contribution < -0.4 is 25.4 Å². The first kappa shape index (κ1) is 18.8. The molecule has 1 atom stereocenters. The summed E-state index contributed by atoms with van der Waals surface area (Å²) >= 11 is 3.45. The molecule has 0 saturated carbocycles. The number of fused-ring (bicyclic) bond motifs is 1. The van der Waals surface area contributed by atoms with E-state index in [0.717, 1.165) is 6.07 Å². The van der Waals surface area contributed by atoms with Gasteiger partial charge in [-0.1, -0.05) is 15.9 Å². The number of ether oxygens (including phenoxy) is 3. The summed E-state index contributed by atoms with van der Waals surface area (Å²) in [6.07, 6.45) is 0. The van der Waals surface area contributed by atoms with E-state index in [1.54, 1.807) is 12.1 Å². The fourth-order valence-electron chi connectivity index (χ4n) is 2.86. The van der Waals surface area contributed by atoms with Gasteiger partial charge in [0, 0.05) is 10.5 Å². The van der Waals surface area contributed by atoms with E-state index in [0.29, 0.717) is 21.5 Å². The molecule has 9 heteroatoms. The van der Waals surface area contributed by atoms with E-state index < -0.39 is 18.0 Å². The number of hydrogen-bond donors (Lipinski definition) is 2. The predicted octanol–water partition coefficient (Wildman–Crippen LogP) is 2.13. The van der Waals surface area contributed by atoms with E-state index in [2.05, 4.69) is 15.9 Å². The summed E-state index contributed by atoms with van der Waals surface area (Å²) in [5, 5.41) is 19.0. The van der Waals surface area contributed by atoms with Gasteiger partial charge in [0.1, 0.15) is 24.0 Å². The van der Waals surface area contributed by atoms with Gasteiger partial charge in [-0.25, -0.2) is 0 Å². The molecule has 1 aliphatic heterocycles. The molecule has 0 unspecified atom stereocenters. The van der Waals surface area contributed by atoms with Crippen LogP contribution >= 0.6 is 15.9 Å². The Bertz CT molecular complexity index is 1040. The third kappa shape index (κ3) is 3.13. The Morgan fingerprint density at radius 2 is 1.96 bits per heavy atom. The molecule has 1 aromatic carbocycles. The Labute approximate surface area is 162 Å². The lowest BCUT2D eigenvalue weighted by atomic mass is 9.87. The summed E-state index contributed by atoms with van der Waals surface area (Å²) in [6, 6.07) is 6.44. The fraction of sp³-hybridized carbons (Fsp3) is 0.222. The van der Waals surface area contributed by atoms with Crippen LogP contribution in [0.15, 0.2) is 43.3 Å². The van der Waals surface area contributed by atoms with Crippen molar-refractivity contribution in [2.24, 2.45) is 5.73 Å². The largest absolute Gasteiger partial charge is 0.493 e. The maximum Gasteiger partial charge on any atom is 0.228 e. The number of rotatable bonds is 4. The summed E-state index contributed by atoms with van der Waals surface area (Å²) in [4.78, 5) is 12.4. The molecule has 0 amide bonds. The topological polar surface area (TPSA) is 128 Å². The number of nitrogens with zero attached hydrogens (tertiary/aromatic N) is 1. The molecule has 0 bridgehead atoms. The number of allylic oxidation sites excluding steroid dienone is 1. The van der Waals surface area contributed by atoms with Gasteiger partial charge in [0.05, 0.1) is 20.1 Å². The van der Waals surface area contributed by atoms with Crippen molar-refractivity contribution in [3.63, 3.8) is 0 Å². The Hall–Kier alpha value is -2.96. The summed E-state index contributed by atoms with van der Waals surface area (Å²) in [7, 11) is 2.98. The highest BCUT2D eigenvalue weighted by Crippen LogP contribution is 2.46. The van der Waals surface area contributed by atoms with Gasteiger partial charge in [0.25, 0.3) is 0 Å². The van der Waals surface area contributed by atoms with Gasteiger partial charge in [-0.3, -0.25) is 4.79 Å². The average molecular weight is 435 g/mol. The van der Waals surface area contributed by atoms with Crippen molar-refractivity contribution < 1.29 is 23.7 Å². The zero-order valence-electron chi connectivity index (χ0n) is 14.4. The van der Waals surface area contributed by atoms with Gasteiger partial charge in [0.15, 0.2) is 17.3 Å². The number of nitrogens with two attached hydrogens (primary N) is 1. The lowest BCUT2D eigenvalue weighted by molar-refractivity contribution is 0.231. The van der Waals surface area contributed by atoms with Crippen molar-refractivity contribution in [2.75, 3.05) is 14.2 Å². The molecule has 2 aromatic rings. The third-order valence-corrected chi connectivity index (χ3v) is 4.79. The van der Waals surface area contributed by atoms with Gasteiger partial charge in [-0.2, -0.15) is 5.26 Å². The summed E-state index contributed by atoms with van der Waals surface area (Å²) in [5.74, 6) is -0.156. The maximum absolute atomic E-state index is 12.4. The molecular formula is C18H15BrN2O6. The third-order valence-electron chi connectivity index (χ3n) is 4.10. The zero-order chi connectivity index (χ0) is 19.7. The van der Waals surface area contributed by atoms with Crippen molar-refractivity contribution in [1.82, 2.24) is 0 Å². The molecule has 2 heterocycles. The van der Waals surface area contributed by atoms with E-state index in [4.69, 9.17) is 24.4 Å². The molecule has 140 valence electrons. The predicted molar refractivity (Wildman–Crippen MR) is 97.4 cm³/mol. The van der Waals surface area contributed by atoms with Crippen LogP contribution in [0.4, 0.5) is 0 Å². The summed E-state index contributed by atoms with van der Waals surface area (Å²) < 4.78 is 22.2. The van der Waals surface area contributed by atoms with Crippen LogP contribution in [0.25, 0.3) is 0 Å². The van der Waals surface area contributed by atoms with E-state index in [1.807, 2.05) is 6.07 Å².